The van der Waals surface area contributed by atoms with Gasteiger partial charge in [0.1, 0.15) is 6.04 Å². The normalized spacial score (nSPS) is 27.1. The molecule has 3 heterocycles. The average Bonchev–Trinajstić information content (AvgIpc) is 3.19. The van der Waals surface area contributed by atoms with Gasteiger partial charge in [-0.25, -0.2) is 0 Å². The molecule has 1 saturated heterocycles. The van der Waals surface area contributed by atoms with Gasteiger partial charge in [-0.2, -0.15) is 0 Å². The molecule has 4 rings (SSSR count). The number of aromatic nitrogens is 1. The largest absolute Gasteiger partial charge is 0.468 e. The Balaban J connectivity index is 1.77. The Kier molecular flexibility index (Phi) is 4.08. The van der Waals surface area contributed by atoms with Crippen LogP contribution in [0.1, 0.15) is 43.5 Å². The van der Waals surface area contributed by atoms with Crippen LogP contribution in [0.15, 0.2) is 24.3 Å². The van der Waals surface area contributed by atoms with Crippen LogP contribution in [0.2, 0.25) is 0 Å². The van der Waals surface area contributed by atoms with Gasteiger partial charge in [0.15, 0.2) is 0 Å². The molecule has 1 aromatic carbocycles. The lowest BCUT2D eigenvalue weighted by Crippen LogP contribution is -2.43. The van der Waals surface area contributed by atoms with Crippen LogP contribution < -0.4 is 5.73 Å². The second kappa shape index (κ2) is 6.15. The molecule has 3 N–H and O–H groups in total. The van der Waals surface area contributed by atoms with E-state index in [9.17, 15) is 4.79 Å². The maximum Gasteiger partial charge on any atom is 0.322 e. The lowest BCUT2D eigenvalue weighted by molar-refractivity contribution is -0.143. The molecule has 1 unspecified atom stereocenters. The van der Waals surface area contributed by atoms with Crippen molar-refractivity contribution in [1.29, 1.82) is 0 Å². The van der Waals surface area contributed by atoms with Gasteiger partial charge in [0, 0.05) is 23.1 Å². The number of benzene rings is 1. The third-order valence-corrected chi connectivity index (χ3v) is 6.45. The predicted octanol–water partition coefficient (Wildman–Crippen LogP) is 2.76. The zero-order valence-corrected chi connectivity index (χ0v) is 15.0. The second-order valence-electron chi connectivity index (χ2n) is 7.55. The van der Waals surface area contributed by atoms with E-state index in [1.54, 1.807) is 0 Å². The highest BCUT2D eigenvalue weighted by Gasteiger charge is 2.51. The summed E-state index contributed by atoms with van der Waals surface area (Å²) in [5, 5.41) is 1.34. The molecule has 0 bridgehead atoms. The van der Waals surface area contributed by atoms with Gasteiger partial charge in [-0.1, -0.05) is 25.1 Å². The fraction of sp³-hybridized carbons (Fsp3) is 0.550. The summed E-state index contributed by atoms with van der Waals surface area (Å²) in [5.41, 5.74) is 10.2. The zero-order chi connectivity index (χ0) is 17.6. The number of hydrogen-bond acceptors (Lipinski definition) is 4. The minimum Gasteiger partial charge on any atom is -0.468 e. The van der Waals surface area contributed by atoms with Gasteiger partial charge in [0.05, 0.1) is 13.2 Å². The van der Waals surface area contributed by atoms with Crippen LogP contribution in [0.4, 0.5) is 0 Å². The van der Waals surface area contributed by atoms with E-state index in [2.05, 4.69) is 41.1 Å². The smallest absolute Gasteiger partial charge is 0.322 e. The summed E-state index contributed by atoms with van der Waals surface area (Å²) in [6, 6.07) is 8.31. The third-order valence-electron chi connectivity index (χ3n) is 6.45. The Morgan fingerprint density at radius 1 is 1.44 bits per heavy atom. The number of esters is 1. The van der Waals surface area contributed by atoms with E-state index in [1.165, 1.54) is 29.3 Å². The van der Waals surface area contributed by atoms with Crippen molar-refractivity contribution in [3.8, 4) is 0 Å². The molecule has 0 saturated carbocycles. The van der Waals surface area contributed by atoms with Crippen molar-refractivity contribution < 1.29 is 9.53 Å². The molecule has 25 heavy (non-hydrogen) atoms. The van der Waals surface area contributed by atoms with Crippen LogP contribution in [-0.4, -0.2) is 42.1 Å². The van der Waals surface area contributed by atoms with Gasteiger partial charge in [0.2, 0.25) is 0 Å². The highest BCUT2D eigenvalue weighted by atomic mass is 16.5. The number of para-hydroxylation sites is 1. The van der Waals surface area contributed by atoms with E-state index in [-0.39, 0.29) is 11.4 Å². The molecule has 1 aromatic heterocycles. The summed E-state index contributed by atoms with van der Waals surface area (Å²) in [5.74, 6) is -0.307. The number of nitrogens with two attached hydrogens (primary N) is 1. The highest BCUT2D eigenvalue weighted by molar-refractivity contribution is 5.85. The monoisotopic (exact) mass is 341 g/mol. The van der Waals surface area contributed by atoms with Gasteiger partial charge in [-0.3, -0.25) is 9.69 Å². The maximum absolute atomic E-state index is 11.9. The zero-order valence-electron chi connectivity index (χ0n) is 15.0. The number of methoxy groups -OCH3 is 1. The lowest BCUT2D eigenvalue weighted by Gasteiger charge is -2.41. The Hall–Kier alpha value is -1.85. The number of nitrogens with zero attached hydrogens (tertiary/aromatic N) is 1. The van der Waals surface area contributed by atoms with E-state index >= 15 is 0 Å². The summed E-state index contributed by atoms with van der Waals surface area (Å²) in [4.78, 5) is 18.2. The number of H-pyrrole nitrogens is 1. The molecule has 5 nitrogen and oxygen atoms in total. The van der Waals surface area contributed by atoms with Gasteiger partial charge >= 0.3 is 5.97 Å². The summed E-state index contributed by atoms with van der Waals surface area (Å²) in [6.07, 6.45) is 3.84. The van der Waals surface area contributed by atoms with Gasteiger partial charge in [-0.05, 0) is 49.3 Å². The maximum atomic E-state index is 11.9. The number of carbonyl (C=O) groups excluding carboxylic acids is 1. The fourth-order valence-corrected chi connectivity index (χ4v) is 5.13. The first-order chi connectivity index (χ1) is 12.1. The second-order valence-corrected chi connectivity index (χ2v) is 7.55. The first kappa shape index (κ1) is 16.6. The molecular formula is C20H27N3O2. The van der Waals surface area contributed by atoms with Crippen molar-refractivity contribution in [3.63, 3.8) is 0 Å². The van der Waals surface area contributed by atoms with E-state index in [1.807, 2.05) is 0 Å². The van der Waals surface area contributed by atoms with E-state index in [0.717, 1.165) is 32.4 Å². The molecule has 0 amide bonds. The molecule has 134 valence electrons. The molecule has 5 heteroatoms. The van der Waals surface area contributed by atoms with Crippen molar-refractivity contribution in [3.05, 3.63) is 35.5 Å². The third kappa shape index (κ3) is 2.49. The number of ether oxygens (including phenoxy) is 1. The molecule has 3 atom stereocenters. The minimum atomic E-state index is -0.556. The Labute approximate surface area is 148 Å². The molecule has 0 spiro atoms. The first-order valence-corrected chi connectivity index (χ1v) is 9.26. The van der Waals surface area contributed by atoms with Crippen LogP contribution in [0.5, 0.6) is 0 Å². The van der Waals surface area contributed by atoms with Crippen molar-refractivity contribution >= 4 is 16.9 Å². The SMILES string of the molecule is CC[C@]1(CC(N)C(=O)OC)CCN2CCc3c([nH]c4ccccc34)[C@@H]21. The fourth-order valence-electron chi connectivity index (χ4n) is 5.13. The number of rotatable bonds is 4. The number of hydrogen-bond donors (Lipinski definition) is 2. The topological polar surface area (TPSA) is 71.4 Å². The molecule has 2 aliphatic heterocycles. The predicted molar refractivity (Wildman–Crippen MR) is 98.3 cm³/mol. The Bertz CT molecular complexity index is 799. The molecule has 2 aromatic rings. The summed E-state index contributed by atoms with van der Waals surface area (Å²) in [6.45, 7) is 4.38. The standard InChI is InChI=1S/C20H27N3O2/c1-3-20(12-15(21)19(24)25-2)9-11-23-10-8-14-13-6-4-5-7-16(13)22-17(14)18(20)23/h4-7,15,18,22H,3,8-12,21H2,1-2H3/t15?,18-,20-/m1/s1. The van der Waals surface area contributed by atoms with E-state index in [0.29, 0.717) is 12.5 Å². The van der Waals surface area contributed by atoms with Crippen LogP contribution in [0.3, 0.4) is 0 Å². The highest BCUT2D eigenvalue weighted by Crippen LogP contribution is 2.54. The van der Waals surface area contributed by atoms with Crippen molar-refractivity contribution in [2.75, 3.05) is 20.2 Å². The molecule has 2 aliphatic rings. The van der Waals surface area contributed by atoms with E-state index in [4.69, 9.17) is 10.5 Å². The summed E-state index contributed by atoms with van der Waals surface area (Å²) < 4.78 is 4.88. The molecular weight excluding hydrogens is 314 g/mol. The number of nitrogens with one attached hydrogen (secondary N) is 1. The number of aromatic amines is 1. The van der Waals surface area contributed by atoms with Gasteiger partial charge in [-0.15, -0.1) is 0 Å². The Morgan fingerprint density at radius 2 is 2.24 bits per heavy atom. The molecule has 1 fully saturated rings. The molecule has 0 radical (unpaired) electrons. The first-order valence-electron chi connectivity index (χ1n) is 9.26. The van der Waals surface area contributed by atoms with E-state index < -0.39 is 6.04 Å². The minimum absolute atomic E-state index is 0.0175. The van der Waals surface area contributed by atoms with Crippen molar-refractivity contribution in [2.24, 2.45) is 11.1 Å². The van der Waals surface area contributed by atoms with Gasteiger partial charge < -0.3 is 15.5 Å². The number of carbonyl (C=O) groups is 1. The molecule has 0 aliphatic carbocycles. The lowest BCUT2D eigenvalue weighted by atomic mass is 9.70. The van der Waals surface area contributed by atoms with Crippen molar-refractivity contribution in [1.82, 2.24) is 9.88 Å². The van der Waals surface area contributed by atoms with Crippen molar-refractivity contribution in [2.45, 2.75) is 44.7 Å². The number of fused-ring (bicyclic) bond motifs is 5. The van der Waals surface area contributed by atoms with Crippen LogP contribution in [0, 0.1) is 5.41 Å². The Morgan fingerprint density at radius 3 is 3.00 bits per heavy atom. The summed E-state index contributed by atoms with van der Waals surface area (Å²) >= 11 is 0. The quantitative estimate of drug-likeness (QED) is 0.839. The summed E-state index contributed by atoms with van der Waals surface area (Å²) in [7, 11) is 1.41. The average molecular weight is 341 g/mol. The van der Waals surface area contributed by atoms with Crippen LogP contribution >= 0.6 is 0 Å². The van der Waals surface area contributed by atoms with Crippen LogP contribution in [0.25, 0.3) is 10.9 Å². The van der Waals surface area contributed by atoms with Crippen LogP contribution in [-0.2, 0) is 16.0 Å². The van der Waals surface area contributed by atoms with Gasteiger partial charge in [0.25, 0.3) is 0 Å².